The fourth-order valence-corrected chi connectivity index (χ4v) is 6.40. The van der Waals surface area contributed by atoms with Gasteiger partial charge < -0.3 is 39.4 Å². The molecule has 0 aliphatic carbocycles. The molecule has 0 spiro atoms. The van der Waals surface area contributed by atoms with Crippen LogP contribution in [0.3, 0.4) is 0 Å². The molecular weight excluding hydrogens is 652 g/mol. The summed E-state index contributed by atoms with van der Waals surface area (Å²) in [6, 6.07) is 0. The molecule has 1 unspecified atom stereocenters. The van der Waals surface area contributed by atoms with Crippen LogP contribution in [0.1, 0.15) is 79.6 Å². The monoisotopic (exact) mass is 712 g/mol. The number of fused-ring (bicyclic) bond motifs is 4. The highest BCUT2D eigenvalue weighted by molar-refractivity contribution is 5.82. The third-order valence-electron chi connectivity index (χ3n) is 9.86. The fraction of sp³-hybridized carbons (Fsp3) is 0.610. The summed E-state index contributed by atoms with van der Waals surface area (Å²) < 4.78 is 23.8. The normalized spacial score (nSPS) is 31.9. The Bertz CT molecular complexity index is 1330. The zero-order chi connectivity index (χ0) is 37.6. The van der Waals surface area contributed by atoms with Crippen LogP contribution >= 0.6 is 0 Å². The van der Waals surface area contributed by atoms with Crippen LogP contribution in [0.2, 0.25) is 0 Å². The topological polar surface area (TPSA) is 152 Å². The second kappa shape index (κ2) is 20.8. The lowest BCUT2D eigenvalue weighted by Crippen LogP contribution is -2.55. The van der Waals surface area contributed by atoms with Crippen molar-refractivity contribution in [2.45, 2.75) is 128 Å². The van der Waals surface area contributed by atoms with Crippen molar-refractivity contribution in [3.8, 4) is 0 Å². The molecule has 0 saturated carbocycles. The molecule has 3 aliphatic rings. The van der Waals surface area contributed by atoms with Crippen LogP contribution in [0, 0.1) is 17.3 Å². The highest BCUT2D eigenvalue weighted by Crippen LogP contribution is 2.41. The lowest BCUT2D eigenvalue weighted by Gasteiger charge is -2.47. The molecule has 2 fully saturated rings. The first-order valence-corrected chi connectivity index (χ1v) is 18.2. The van der Waals surface area contributed by atoms with E-state index in [0.717, 1.165) is 5.57 Å². The molecule has 10 nitrogen and oxygen atoms in total. The van der Waals surface area contributed by atoms with Crippen LogP contribution in [0.5, 0.6) is 0 Å². The number of allylic oxidation sites excluding steroid dienone is 6. The van der Waals surface area contributed by atoms with Crippen molar-refractivity contribution in [2.24, 2.45) is 17.3 Å². The van der Waals surface area contributed by atoms with Crippen molar-refractivity contribution in [2.75, 3.05) is 13.2 Å². The van der Waals surface area contributed by atoms with Crippen LogP contribution in [0.15, 0.2) is 84.6 Å². The summed E-state index contributed by atoms with van der Waals surface area (Å²) in [5.41, 5.74) is 0.477. The highest BCUT2D eigenvalue weighted by Gasteiger charge is 2.49. The summed E-state index contributed by atoms with van der Waals surface area (Å²) in [5.74, 6) is -1.13. The SMILES string of the molecule is C=C(COC(=O)[C@@H](O)CC=CC[C@@H]1O[C@@H]2C=CCC=CC(C)=C[C@H]3O[C@@H](CC=CC=CC(=O)O[C@H](C2)[C@@]1(C)CO)C[C@H](O)[C@H]3C)C(O)CC(C)C. The van der Waals surface area contributed by atoms with Gasteiger partial charge in [-0.25, -0.2) is 9.59 Å². The largest absolute Gasteiger partial charge is 0.459 e. The van der Waals surface area contributed by atoms with Gasteiger partial charge in [0.1, 0.15) is 12.7 Å². The summed E-state index contributed by atoms with van der Waals surface area (Å²) in [6.07, 6.45) is 18.4. The molecule has 0 radical (unpaired) electrons. The smallest absolute Gasteiger partial charge is 0.335 e. The first-order valence-electron chi connectivity index (χ1n) is 18.2. The van der Waals surface area contributed by atoms with Crippen molar-refractivity contribution in [3.63, 3.8) is 0 Å². The number of hydrogen-bond acceptors (Lipinski definition) is 10. The second-order valence-electron chi connectivity index (χ2n) is 14.7. The molecule has 4 bridgehead atoms. The number of aliphatic hydroxyl groups is 4. The second-order valence-corrected chi connectivity index (χ2v) is 14.7. The molecule has 3 heterocycles. The van der Waals surface area contributed by atoms with Gasteiger partial charge in [0.2, 0.25) is 0 Å². The van der Waals surface area contributed by atoms with Crippen LogP contribution in [-0.4, -0.2) is 94.4 Å². The Balaban J connectivity index is 1.71. The van der Waals surface area contributed by atoms with Crippen LogP contribution in [0.4, 0.5) is 0 Å². The molecule has 0 amide bonds. The van der Waals surface area contributed by atoms with E-state index >= 15 is 0 Å². The minimum atomic E-state index is -1.40. The van der Waals surface area contributed by atoms with Crippen molar-refractivity contribution in [1.82, 2.24) is 0 Å². The van der Waals surface area contributed by atoms with E-state index in [4.69, 9.17) is 18.9 Å². The van der Waals surface area contributed by atoms with E-state index in [-0.39, 0.29) is 43.7 Å². The molecular formula is C41H60O10. The quantitative estimate of drug-likeness (QED) is 0.162. The molecule has 0 aromatic carbocycles. The molecule has 0 aromatic rings. The Morgan fingerprint density at radius 1 is 1.10 bits per heavy atom. The molecule has 0 aromatic heterocycles. The maximum Gasteiger partial charge on any atom is 0.335 e. The van der Waals surface area contributed by atoms with E-state index in [1.54, 1.807) is 24.3 Å². The van der Waals surface area contributed by atoms with Crippen molar-refractivity contribution in [1.29, 1.82) is 0 Å². The number of aliphatic hydroxyl groups excluding tert-OH is 4. The predicted molar refractivity (Wildman–Crippen MR) is 196 cm³/mol. The molecule has 51 heavy (non-hydrogen) atoms. The average Bonchev–Trinajstić information content (AvgIpc) is 3.07. The lowest BCUT2D eigenvalue weighted by molar-refractivity contribution is -0.198. The maximum absolute atomic E-state index is 13.0. The predicted octanol–water partition coefficient (Wildman–Crippen LogP) is 5.38. The van der Waals surface area contributed by atoms with E-state index in [0.29, 0.717) is 44.1 Å². The van der Waals surface area contributed by atoms with Crippen molar-refractivity contribution >= 4 is 11.9 Å². The maximum atomic E-state index is 13.0. The minimum Gasteiger partial charge on any atom is -0.459 e. The number of carbonyl (C=O) groups is 2. The first-order chi connectivity index (χ1) is 24.2. The molecule has 10 atom stereocenters. The Hall–Kier alpha value is -3.12. The summed E-state index contributed by atoms with van der Waals surface area (Å²) in [7, 11) is 0. The van der Waals surface area contributed by atoms with E-state index in [9.17, 15) is 30.0 Å². The van der Waals surface area contributed by atoms with E-state index in [1.165, 1.54) is 6.08 Å². The molecule has 3 rings (SSSR count). The van der Waals surface area contributed by atoms with Crippen molar-refractivity contribution < 1.29 is 49.0 Å². The summed E-state index contributed by atoms with van der Waals surface area (Å²) >= 11 is 0. The lowest BCUT2D eigenvalue weighted by atomic mass is 9.73. The summed E-state index contributed by atoms with van der Waals surface area (Å²) in [5, 5.41) is 41.7. The van der Waals surface area contributed by atoms with Gasteiger partial charge in [0, 0.05) is 31.3 Å². The Morgan fingerprint density at radius 2 is 1.86 bits per heavy atom. The van der Waals surface area contributed by atoms with Gasteiger partial charge in [-0.15, -0.1) is 0 Å². The van der Waals surface area contributed by atoms with Gasteiger partial charge >= 0.3 is 11.9 Å². The summed E-state index contributed by atoms with van der Waals surface area (Å²) in [4.78, 5) is 25.3. The minimum absolute atomic E-state index is 0.00418. The van der Waals surface area contributed by atoms with Crippen LogP contribution in [-0.2, 0) is 28.5 Å². The zero-order valence-electron chi connectivity index (χ0n) is 30.9. The molecule has 2 saturated heterocycles. The van der Waals surface area contributed by atoms with Gasteiger partial charge in [-0.05, 0) is 44.1 Å². The van der Waals surface area contributed by atoms with Gasteiger partial charge in [0.05, 0.1) is 48.6 Å². The van der Waals surface area contributed by atoms with Gasteiger partial charge in [0.15, 0.2) is 6.10 Å². The Labute approximate surface area is 303 Å². The van der Waals surface area contributed by atoms with E-state index < -0.39 is 54.0 Å². The average molecular weight is 713 g/mol. The number of ether oxygens (including phenoxy) is 4. The van der Waals surface area contributed by atoms with Gasteiger partial charge in [-0.1, -0.05) is 101 Å². The number of rotatable bonds is 11. The molecule has 4 N–H and O–H groups in total. The van der Waals surface area contributed by atoms with Gasteiger partial charge in [0.25, 0.3) is 0 Å². The summed E-state index contributed by atoms with van der Waals surface area (Å²) in [6.45, 7) is 13.1. The molecule has 3 aliphatic heterocycles. The van der Waals surface area contributed by atoms with Gasteiger partial charge in [-0.2, -0.15) is 0 Å². The number of esters is 2. The van der Waals surface area contributed by atoms with Crippen LogP contribution in [0.25, 0.3) is 0 Å². The third kappa shape index (κ3) is 13.4. The van der Waals surface area contributed by atoms with Gasteiger partial charge in [-0.3, -0.25) is 0 Å². The molecule has 284 valence electrons. The zero-order valence-corrected chi connectivity index (χ0v) is 30.9. The number of carbonyl (C=O) groups excluding carboxylic acids is 2. The van der Waals surface area contributed by atoms with E-state index in [2.05, 4.69) is 12.7 Å². The fourth-order valence-electron chi connectivity index (χ4n) is 6.40. The van der Waals surface area contributed by atoms with E-state index in [1.807, 2.05) is 65.0 Å². The Morgan fingerprint density at radius 3 is 2.59 bits per heavy atom. The highest BCUT2D eigenvalue weighted by atomic mass is 16.6. The molecule has 10 heteroatoms. The van der Waals surface area contributed by atoms with Crippen molar-refractivity contribution in [3.05, 3.63) is 84.6 Å². The van der Waals surface area contributed by atoms with Crippen LogP contribution < -0.4 is 0 Å². The first kappa shape index (κ1) is 42.3. The number of hydrogen-bond donors (Lipinski definition) is 4. The standard InChI is InChI=1S/C41H60O10/c1-27(2)21-34(44)29(4)25-48-40(47)33(43)18-13-14-19-37-41(6,26-42)38-24-32(50-37)17-10-7-9-15-28(3)22-36-30(5)35(45)23-31(49-36)16-11-8-12-20-39(46)51-38/h8-15,17,20,22,27,30-38,42-45H,4,7,16,18-19,21,23-26H2,1-3,5-6H3/t30-,31+,32-,33+,34?,35+,36-,37+,38-,41+/m1/s1. The Kier molecular flexibility index (Phi) is 17.2. The third-order valence-corrected chi connectivity index (χ3v) is 9.86.